The van der Waals surface area contributed by atoms with Crippen LogP contribution in [0, 0.1) is 0 Å². The van der Waals surface area contributed by atoms with E-state index in [1.165, 1.54) is 4.68 Å². The summed E-state index contributed by atoms with van der Waals surface area (Å²) in [4.78, 5) is 4.47. The zero-order chi connectivity index (χ0) is 15.4. The summed E-state index contributed by atoms with van der Waals surface area (Å²) < 4.78 is 26.0. The Labute approximate surface area is 127 Å². The monoisotopic (exact) mass is 315 g/mol. The topological polar surface area (TPSA) is 90.6 Å². The van der Waals surface area contributed by atoms with E-state index in [0.29, 0.717) is 16.4 Å². The summed E-state index contributed by atoms with van der Waals surface area (Å²) in [6.07, 6.45) is 1.63. The number of hydrogen-bond acceptors (Lipinski definition) is 6. The molecule has 3 aromatic rings. The average molecular weight is 315 g/mol. The molecule has 0 aliphatic carbocycles. The molecular weight excluding hydrogens is 302 g/mol. The quantitative estimate of drug-likeness (QED) is 0.703. The zero-order valence-electron chi connectivity index (χ0n) is 11.6. The van der Waals surface area contributed by atoms with E-state index >= 15 is 0 Å². The van der Waals surface area contributed by atoms with E-state index in [1.807, 2.05) is 6.07 Å². The van der Waals surface area contributed by atoms with Crippen molar-refractivity contribution in [1.29, 1.82) is 0 Å². The summed E-state index contributed by atoms with van der Waals surface area (Å²) in [7, 11) is -3.37. The summed E-state index contributed by atoms with van der Waals surface area (Å²) in [5, 5.41) is 11.3. The first-order valence-corrected chi connectivity index (χ1v) is 8.27. The van der Waals surface area contributed by atoms with Gasteiger partial charge in [-0.15, -0.1) is 5.10 Å². The van der Waals surface area contributed by atoms with Gasteiger partial charge in [0.05, 0.1) is 17.2 Å². The van der Waals surface area contributed by atoms with Crippen molar-refractivity contribution < 1.29 is 8.42 Å². The van der Waals surface area contributed by atoms with E-state index in [2.05, 4.69) is 20.5 Å². The molecule has 1 aromatic carbocycles. The van der Waals surface area contributed by atoms with Crippen molar-refractivity contribution in [2.24, 2.45) is 0 Å². The van der Waals surface area contributed by atoms with E-state index in [1.54, 1.807) is 48.7 Å². The number of sulfone groups is 1. The van der Waals surface area contributed by atoms with Crippen LogP contribution < -0.4 is 0 Å². The Bertz CT molecular complexity index is 847. The summed E-state index contributed by atoms with van der Waals surface area (Å²) in [5.74, 6) is 0.367. The Hall–Kier alpha value is -2.61. The number of rotatable bonds is 5. The van der Waals surface area contributed by atoms with Crippen LogP contribution in [0.2, 0.25) is 0 Å². The van der Waals surface area contributed by atoms with E-state index in [4.69, 9.17) is 0 Å². The molecule has 0 spiro atoms. The molecule has 0 saturated carbocycles. The number of aryl methyl sites for hydroxylation is 1. The lowest BCUT2D eigenvalue weighted by Crippen LogP contribution is -2.15. The smallest absolute Gasteiger partial charge is 0.200 e. The minimum Gasteiger partial charge on any atom is -0.253 e. The first-order chi connectivity index (χ1) is 10.7. The molecule has 2 aromatic heterocycles. The second-order valence-electron chi connectivity index (χ2n) is 4.57. The number of hydrogen-bond donors (Lipinski definition) is 0. The van der Waals surface area contributed by atoms with Crippen LogP contribution in [-0.2, 0) is 16.4 Å². The maximum atomic E-state index is 12.3. The van der Waals surface area contributed by atoms with E-state index in [-0.39, 0.29) is 12.3 Å². The molecule has 0 atom stereocenters. The van der Waals surface area contributed by atoms with Crippen LogP contribution in [0.3, 0.4) is 0 Å². The van der Waals surface area contributed by atoms with Crippen LogP contribution in [0.25, 0.3) is 11.5 Å². The van der Waals surface area contributed by atoms with Crippen molar-refractivity contribution in [2.45, 2.75) is 11.4 Å². The Morgan fingerprint density at radius 2 is 1.77 bits per heavy atom. The van der Waals surface area contributed by atoms with E-state index in [0.717, 1.165) is 0 Å². The van der Waals surface area contributed by atoms with Crippen molar-refractivity contribution in [3.63, 3.8) is 0 Å². The van der Waals surface area contributed by atoms with Gasteiger partial charge in [0.15, 0.2) is 9.84 Å². The fraction of sp³-hybridized carbons (Fsp3) is 0.143. The number of aromatic nitrogens is 5. The molecule has 112 valence electrons. The summed E-state index contributed by atoms with van der Waals surface area (Å²) >= 11 is 0. The minimum atomic E-state index is -3.37. The lowest BCUT2D eigenvalue weighted by molar-refractivity contribution is 0.576. The van der Waals surface area contributed by atoms with Gasteiger partial charge in [-0.25, -0.2) is 13.1 Å². The van der Waals surface area contributed by atoms with Gasteiger partial charge in [-0.3, -0.25) is 4.98 Å². The summed E-state index contributed by atoms with van der Waals surface area (Å²) in [6, 6.07) is 13.7. The van der Waals surface area contributed by atoms with Gasteiger partial charge in [0, 0.05) is 6.20 Å². The van der Waals surface area contributed by atoms with Crippen molar-refractivity contribution in [3.8, 4) is 11.5 Å². The van der Waals surface area contributed by atoms with E-state index in [9.17, 15) is 8.42 Å². The number of pyridine rings is 1. The highest BCUT2D eigenvalue weighted by molar-refractivity contribution is 7.91. The minimum absolute atomic E-state index is 0.0815. The molecule has 0 amide bonds. The molecule has 0 radical (unpaired) electrons. The maximum Gasteiger partial charge on any atom is 0.200 e. The van der Waals surface area contributed by atoms with Crippen LogP contribution in [-0.4, -0.2) is 39.4 Å². The van der Waals surface area contributed by atoms with Gasteiger partial charge in [0.1, 0.15) is 5.69 Å². The Kier molecular flexibility index (Phi) is 3.92. The normalized spacial score (nSPS) is 11.5. The molecule has 0 aliphatic heterocycles. The first-order valence-electron chi connectivity index (χ1n) is 6.62. The number of benzene rings is 1. The van der Waals surface area contributed by atoms with Crippen molar-refractivity contribution >= 4 is 9.84 Å². The second-order valence-corrected chi connectivity index (χ2v) is 6.68. The van der Waals surface area contributed by atoms with Gasteiger partial charge in [0.25, 0.3) is 0 Å². The van der Waals surface area contributed by atoms with Crippen molar-refractivity contribution in [2.75, 3.05) is 5.75 Å². The SMILES string of the molecule is O=S(=O)(CCn1nnnc1-c1ccccn1)c1ccccc1. The molecule has 0 fully saturated rings. The van der Waals surface area contributed by atoms with Crippen LogP contribution >= 0.6 is 0 Å². The fourth-order valence-corrected chi connectivity index (χ4v) is 3.21. The summed E-state index contributed by atoms with van der Waals surface area (Å²) in [6.45, 7) is 0.163. The maximum absolute atomic E-state index is 12.3. The molecule has 0 N–H and O–H groups in total. The van der Waals surface area contributed by atoms with Crippen LogP contribution in [0.4, 0.5) is 0 Å². The highest BCUT2D eigenvalue weighted by Gasteiger charge is 2.16. The average Bonchev–Trinajstić information content (AvgIpc) is 3.03. The molecule has 0 unspecified atom stereocenters. The molecule has 3 rings (SSSR count). The van der Waals surface area contributed by atoms with Gasteiger partial charge < -0.3 is 0 Å². The number of tetrazole rings is 1. The Morgan fingerprint density at radius 1 is 1.00 bits per heavy atom. The second kappa shape index (κ2) is 6.02. The molecule has 2 heterocycles. The third-order valence-electron chi connectivity index (χ3n) is 3.10. The van der Waals surface area contributed by atoms with Gasteiger partial charge in [-0.2, -0.15) is 0 Å². The van der Waals surface area contributed by atoms with Crippen LogP contribution in [0.15, 0.2) is 59.6 Å². The van der Waals surface area contributed by atoms with Crippen LogP contribution in [0.5, 0.6) is 0 Å². The number of nitrogens with zero attached hydrogens (tertiary/aromatic N) is 5. The molecule has 0 aliphatic rings. The van der Waals surface area contributed by atoms with E-state index < -0.39 is 9.84 Å². The van der Waals surface area contributed by atoms with Gasteiger partial charge in [-0.05, 0) is 34.7 Å². The predicted octanol–water partition coefficient (Wildman–Crippen LogP) is 1.21. The van der Waals surface area contributed by atoms with Crippen molar-refractivity contribution in [3.05, 3.63) is 54.7 Å². The predicted molar refractivity (Wildman–Crippen MR) is 79.5 cm³/mol. The third-order valence-corrected chi connectivity index (χ3v) is 4.81. The lowest BCUT2D eigenvalue weighted by Gasteiger charge is -2.06. The lowest BCUT2D eigenvalue weighted by atomic mass is 10.3. The van der Waals surface area contributed by atoms with Crippen LogP contribution in [0.1, 0.15) is 0 Å². The molecule has 0 saturated heterocycles. The zero-order valence-corrected chi connectivity index (χ0v) is 12.4. The largest absolute Gasteiger partial charge is 0.253 e. The first kappa shape index (κ1) is 14.3. The van der Waals surface area contributed by atoms with Gasteiger partial charge in [0.2, 0.25) is 5.82 Å². The van der Waals surface area contributed by atoms with Gasteiger partial charge in [-0.1, -0.05) is 24.3 Å². The molecule has 8 heteroatoms. The summed E-state index contributed by atoms with van der Waals surface area (Å²) in [5.41, 5.74) is 0.601. The highest BCUT2D eigenvalue weighted by atomic mass is 32.2. The molecular formula is C14H13N5O2S. The van der Waals surface area contributed by atoms with Crippen molar-refractivity contribution in [1.82, 2.24) is 25.2 Å². The third kappa shape index (κ3) is 3.01. The van der Waals surface area contributed by atoms with Gasteiger partial charge >= 0.3 is 0 Å². The molecule has 0 bridgehead atoms. The fourth-order valence-electron chi connectivity index (χ4n) is 1.99. The molecule has 7 nitrogen and oxygen atoms in total. The molecule has 22 heavy (non-hydrogen) atoms. The standard InChI is InChI=1S/C14H13N5O2S/c20-22(21,12-6-2-1-3-7-12)11-10-19-14(16-17-18-19)13-8-4-5-9-15-13/h1-9H,10-11H2. The highest BCUT2D eigenvalue weighted by Crippen LogP contribution is 2.14. The Balaban J connectivity index is 1.80. The Morgan fingerprint density at radius 3 is 2.50 bits per heavy atom.